The van der Waals surface area contributed by atoms with Gasteiger partial charge in [0.2, 0.25) is 0 Å². The van der Waals surface area contributed by atoms with Crippen LogP contribution in [0.4, 0.5) is 4.79 Å². The molecule has 1 aromatic heterocycles. The number of carbonyl (C=O) groups is 1. The number of piperazine rings is 1. The predicted molar refractivity (Wildman–Crippen MR) is 67.2 cm³/mol. The highest BCUT2D eigenvalue weighted by Gasteiger charge is 2.22. The molecule has 0 radical (unpaired) electrons. The van der Waals surface area contributed by atoms with Crippen LogP contribution in [0.25, 0.3) is 0 Å². The van der Waals surface area contributed by atoms with Crippen LogP contribution >= 0.6 is 0 Å². The van der Waals surface area contributed by atoms with E-state index in [1.807, 2.05) is 17.9 Å². The highest BCUT2D eigenvalue weighted by Crippen LogP contribution is 2.09. The molecule has 6 nitrogen and oxygen atoms in total. The first-order chi connectivity index (χ1) is 8.56. The van der Waals surface area contributed by atoms with Gasteiger partial charge in [0.25, 0.3) is 0 Å². The first-order valence-electron chi connectivity index (χ1n) is 6.17. The number of hydrogen-bond donors (Lipinski definition) is 0. The van der Waals surface area contributed by atoms with Gasteiger partial charge in [-0.3, -0.25) is 4.90 Å². The van der Waals surface area contributed by atoms with Crippen LogP contribution in [-0.4, -0.2) is 66.2 Å². The summed E-state index contributed by atoms with van der Waals surface area (Å²) < 4.78 is 5.05. The van der Waals surface area contributed by atoms with E-state index >= 15 is 0 Å². The summed E-state index contributed by atoms with van der Waals surface area (Å²) in [4.78, 5) is 17.6. The second kappa shape index (κ2) is 5.39. The molecule has 2 heterocycles. The molecule has 6 heteroatoms. The second-order valence-electron chi connectivity index (χ2n) is 4.87. The zero-order valence-electron chi connectivity index (χ0n) is 11.2. The van der Waals surface area contributed by atoms with Crippen molar-refractivity contribution in [2.24, 2.45) is 0 Å². The molecule has 2 amide bonds. The minimum atomic E-state index is 0.0898. The number of hydrogen-bond acceptors (Lipinski definition) is 4. The summed E-state index contributed by atoms with van der Waals surface area (Å²) >= 11 is 0. The molecule has 0 spiro atoms. The Morgan fingerprint density at radius 1 is 1.39 bits per heavy atom. The fourth-order valence-corrected chi connectivity index (χ4v) is 2.10. The summed E-state index contributed by atoms with van der Waals surface area (Å²) in [6.45, 7) is 5.99. The van der Waals surface area contributed by atoms with E-state index in [1.165, 1.54) is 0 Å². The third-order valence-electron chi connectivity index (χ3n) is 3.09. The molecule has 0 aliphatic carbocycles. The molecule has 0 bridgehead atoms. The second-order valence-corrected chi connectivity index (χ2v) is 4.87. The van der Waals surface area contributed by atoms with E-state index < -0.39 is 0 Å². The monoisotopic (exact) mass is 252 g/mol. The van der Waals surface area contributed by atoms with E-state index in [0.717, 1.165) is 44.2 Å². The summed E-state index contributed by atoms with van der Waals surface area (Å²) in [5, 5.41) is 3.99. The van der Waals surface area contributed by atoms with Gasteiger partial charge in [-0.25, -0.2) is 4.79 Å². The van der Waals surface area contributed by atoms with Crippen molar-refractivity contribution in [2.75, 3.05) is 40.3 Å². The van der Waals surface area contributed by atoms with Crippen LogP contribution < -0.4 is 0 Å². The molecule has 1 aliphatic rings. The lowest BCUT2D eigenvalue weighted by molar-refractivity contribution is 0.118. The number of urea groups is 1. The maximum Gasteiger partial charge on any atom is 0.319 e. The summed E-state index contributed by atoms with van der Waals surface area (Å²) in [6.07, 6.45) is 0. The van der Waals surface area contributed by atoms with Gasteiger partial charge in [0, 0.05) is 52.9 Å². The Bertz CT molecular complexity index is 408. The molecule has 0 saturated carbocycles. The zero-order valence-corrected chi connectivity index (χ0v) is 11.2. The predicted octanol–water partition coefficient (Wildman–Crippen LogP) is 0.782. The van der Waals surface area contributed by atoms with Crippen molar-refractivity contribution in [1.82, 2.24) is 19.9 Å². The molecule has 1 fully saturated rings. The zero-order chi connectivity index (χ0) is 13.1. The third-order valence-corrected chi connectivity index (χ3v) is 3.09. The van der Waals surface area contributed by atoms with E-state index in [9.17, 15) is 4.79 Å². The van der Waals surface area contributed by atoms with Crippen molar-refractivity contribution in [3.63, 3.8) is 0 Å². The van der Waals surface area contributed by atoms with Gasteiger partial charge in [-0.05, 0) is 6.92 Å². The Morgan fingerprint density at radius 2 is 2.06 bits per heavy atom. The lowest BCUT2D eigenvalue weighted by Crippen LogP contribution is -2.51. The Morgan fingerprint density at radius 3 is 2.56 bits per heavy atom. The average Bonchev–Trinajstić information content (AvgIpc) is 2.75. The van der Waals surface area contributed by atoms with Crippen molar-refractivity contribution in [2.45, 2.75) is 13.5 Å². The van der Waals surface area contributed by atoms with E-state index in [2.05, 4.69) is 10.1 Å². The summed E-state index contributed by atoms with van der Waals surface area (Å²) in [6, 6.07) is 2.05. The van der Waals surface area contributed by atoms with Gasteiger partial charge in [0.15, 0.2) is 0 Å². The highest BCUT2D eigenvalue weighted by atomic mass is 16.5. The summed E-state index contributed by atoms with van der Waals surface area (Å²) in [5.74, 6) is 0.839. The van der Waals surface area contributed by atoms with E-state index in [-0.39, 0.29) is 6.03 Å². The van der Waals surface area contributed by atoms with Crippen LogP contribution in [0.2, 0.25) is 0 Å². The summed E-state index contributed by atoms with van der Waals surface area (Å²) in [5.41, 5.74) is 0.958. The van der Waals surface area contributed by atoms with Gasteiger partial charge in [0.05, 0.1) is 5.69 Å². The van der Waals surface area contributed by atoms with Gasteiger partial charge in [-0.1, -0.05) is 5.16 Å². The van der Waals surface area contributed by atoms with Gasteiger partial charge in [-0.2, -0.15) is 0 Å². The third kappa shape index (κ3) is 3.01. The molecule has 1 aliphatic heterocycles. The highest BCUT2D eigenvalue weighted by molar-refractivity contribution is 5.73. The van der Waals surface area contributed by atoms with Crippen LogP contribution in [0.1, 0.15) is 11.5 Å². The lowest BCUT2D eigenvalue weighted by Gasteiger charge is -2.35. The molecule has 0 unspecified atom stereocenters. The molecule has 100 valence electrons. The van der Waals surface area contributed by atoms with Crippen LogP contribution in [0.5, 0.6) is 0 Å². The number of carbonyl (C=O) groups excluding carboxylic acids is 1. The molecule has 0 N–H and O–H groups in total. The van der Waals surface area contributed by atoms with Crippen molar-refractivity contribution in [1.29, 1.82) is 0 Å². The molecule has 2 rings (SSSR count). The van der Waals surface area contributed by atoms with Gasteiger partial charge in [-0.15, -0.1) is 0 Å². The molecule has 18 heavy (non-hydrogen) atoms. The largest absolute Gasteiger partial charge is 0.361 e. The number of aryl methyl sites for hydroxylation is 1. The Labute approximate surface area is 107 Å². The number of aromatic nitrogens is 1. The molecule has 1 aromatic rings. The first-order valence-corrected chi connectivity index (χ1v) is 6.17. The minimum Gasteiger partial charge on any atom is -0.361 e. The molecule has 1 saturated heterocycles. The Kier molecular flexibility index (Phi) is 3.86. The maximum atomic E-state index is 11.8. The fourth-order valence-electron chi connectivity index (χ4n) is 2.10. The number of nitrogens with zero attached hydrogens (tertiary/aromatic N) is 4. The summed E-state index contributed by atoms with van der Waals surface area (Å²) in [7, 11) is 3.57. The van der Waals surface area contributed by atoms with Crippen molar-refractivity contribution < 1.29 is 9.32 Å². The molecular formula is C12H20N4O2. The molecular weight excluding hydrogens is 232 g/mol. The SMILES string of the molecule is Cc1cc(CN2CCN(C(=O)N(C)C)CC2)no1. The van der Waals surface area contributed by atoms with Crippen LogP contribution in [0.15, 0.2) is 10.6 Å². The van der Waals surface area contributed by atoms with E-state index in [0.29, 0.717) is 0 Å². The van der Waals surface area contributed by atoms with Crippen molar-refractivity contribution in [3.05, 3.63) is 17.5 Å². The van der Waals surface area contributed by atoms with Gasteiger partial charge < -0.3 is 14.3 Å². The molecule has 0 aromatic carbocycles. The van der Waals surface area contributed by atoms with Crippen molar-refractivity contribution in [3.8, 4) is 0 Å². The lowest BCUT2D eigenvalue weighted by atomic mass is 10.3. The normalized spacial score (nSPS) is 16.9. The fraction of sp³-hybridized carbons (Fsp3) is 0.667. The van der Waals surface area contributed by atoms with E-state index in [1.54, 1.807) is 19.0 Å². The van der Waals surface area contributed by atoms with Crippen LogP contribution in [0, 0.1) is 6.92 Å². The van der Waals surface area contributed by atoms with Gasteiger partial charge >= 0.3 is 6.03 Å². The maximum absolute atomic E-state index is 11.8. The smallest absolute Gasteiger partial charge is 0.319 e. The van der Waals surface area contributed by atoms with Crippen LogP contribution in [0.3, 0.4) is 0 Å². The standard InChI is InChI=1S/C12H20N4O2/c1-10-8-11(13-18-10)9-15-4-6-16(7-5-15)12(17)14(2)3/h8H,4-7,9H2,1-3H3. The van der Waals surface area contributed by atoms with E-state index in [4.69, 9.17) is 4.52 Å². The minimum absolute atomic E-state index is 0.0898. The number of rotatable bonds is 2. The molecule has 0 atom stereocenters. The van der Waals surface area contributed by atoms with Gasteiger partial charge in [0.1, 0.15) is 5.76 Å². The Hall–Kier alpha value is -1.56. The quantitative estimate of drug-likeness (QED) is 0.780. The topological polar surface area (TPSA) is 52.8 Å². The Balaban J connectivity index is 1.82. The first kappa shape index (κ1) is 12.9. The van der Waals surface area contributed by atoms with Crippen LogP contribution in [-0.2, 0) is 6.54 Å². The number of amides is 2. The van der Waals surface area contributed by atoms with Crippen molar-refractivity contribution >= 4 is 6.03 Å². The average molecular weight is 252 g/mol.